The molecule has 192 valence electrons. The minimum absolute atomic E-state index is 0.0326. The van der Waals surface area contributed by atoms with E-state index in [0.29, 0.717) is 37.7 Å². The molecule has 3 heterocycles. The third kappa shape index (κ3) is 4.91. The maximum atomic E-state index is 13.9. The summed E-state index contributed by atoms with van der Waals surface area (Å²) in [5, 5.41) is 0.623. The van der Waals surface area contributed by atoms with Gasteiger partial charge in [-0.05, 0) is 81.0 Å². The molecule has 0 N–H and O–H groups in total. The van der Waals surface area contributed by atoms with Crippen LogP contribution in [0.15, 0.2) is 41.3 Å². The number of thiazole rings is 1. The fourth-order valence-corrected chi connectivity index (χ4v) is 7.49. The van der Waals surface area contributed by atoms with Gasteiger partial charge in [0.1, 0.15) is 5.82 Å². The van der Waals surface area contributed by atoms with Crippen molar-refractivity contribution in [2.45, 2.75) is 50.5 Å². The van der Waals surface area contributed by atoms with E-state index in [0.717, 1.165) is 46.3 Å². The Labute approximate surface area is 214 Å². The van der Waals surface area contributed by atoms with Gasteiger partial charge in [0.25, 0.3) is 0 Å². The zero-order chi connectivity index (χ0) is 25.4. The van der Waals surface area contributed by atoms with Crippen LogP contribution >= 0.6 is 11.3 Å². The highest BCUT2D eigenvalue weighted by atomic mass is 32.2. The highest BCUT2D eigenvalue weighted by Crippen LogP contribution is 2.34. The van der Waals surface area contributed by atoms with Crippen LogP contribution in [-0.4, -0.2) is 56.0 Å². The minimum Gasteiger partial charge on any atom is -0.376 e. The summed E-state index contributed by atoms with van der Waals surface area (Å²) in [7, 11) is -3.83. The summed E-state index contributed by atoms with van der Waals surface area (Å²) in [6, 6.07) is 8.91. The van der Waals surface area contributed by atoms with Crippen LogP contribution in [0.25, 0.3) is 10.2 Å². The monoisotopic (exact) mass is 531 g/mol. The predicted molar refractivity (Wildman–Crippen MR) is 138 cm³/mol. The van der Waals surface area contributed by atoms with Crippen LogP contribution < -0.4 is 4.90 Å². The van der Waals surface area contributed by atoms with Crippen LogP contribution in [0.3, 0.4) is 0 Å². The van der Waals surface area contributed by atoms with Gasteiger partial charge in [0, 0.05) is 19.7 Å². The first kappa shape index (κ1) is 25.3. The molecule has 2 aromatic carbocycles. The Balaban J connectivity index is 1.43. The van der Waals surface area contributed by atoms with Crippen molar-refractivity contribution in [3.8, 4) is 0 Å². The molecule has 3 aromatic rings. The van der Waals surface area contributed by atoms with E-state index in [1.54, 1.807) is 4.90 Å². The largest absolute Gasteiger partial charge is 0.376 e. The Morgan fingerprint density at radius 1 is 1.17 bits per heavy atom. The number of sulfonamides is 1. The number of ether oxygens (including phenoxy) is 1. The average Bonchev–Trinajstić information content (AvgIpc) is 3.55. The summed E-state index contributed by atoms with van der Waals surface area (Å²) in [4.78, 5) is 20.5. The van der Waals surface area contributed by atoms with E-state index in [2.05, 4.69) is 6.07 Å². The number of aromatic nitrogens is 1. The Bertz CT molecular complexity index is 1370. The van der Waals surface area contributed by atoms with Crippen LogP contribution in [0.2, 0.25) is 0 Å². The third-order valence-corrected chi connectivity index (χ3v) is 10.1. The number of rotatable bonds is 6. The zero-order valence-electron chi connectivity index (χ0n) is 20.4. The Kier molecular flexibility index (Phi) is 7.13. The van der Waals surface area contributed by atoms with E-state index in [-0.39, 0.29) is 23.5 Å². The summed E-state index contributed by atoms with van der Waals surface area (Å²) < 4.78 is 48.0. The fourth-order valence-electron chi connectivity index (χ4n) is 4.92. The minimum atomic E-state index is -3.83. The van der Waals surface area contributed by atoms with Crippen molar-refractivity contribution < 1.29 is 22.3 Å². The number of benzene rings is 2. The number of hydrogen-bond acceptors (Lipinski definition) is 6. The van der Waals surface area contributed by atoms with Crippen LogP contribution in [0.5, 0.6) is 0 Å². The fraction of sp³-hybridized carbons (Fsp3) is 0.462. The van der Waals surface area contributed by atoms with E-state index in [1.807, 2.05) is 19.9 Å². The van der Waals surface area contributed by atoms with Crippen LogP contribution in [0.1, 0.15) is 36.8 Å². The number of carbonyl (C=O) groups is 1. The van der Waals surface area contributed by atoms with Crippen molar-refractivity contribution in [2.75, 3.05) is 31.1 Å². The lowest BCUT2D eigenvalue weighted by molar-refractivity contribution is -0.123. The van der Waals surface area contributed by atoms with Crippen molar-refractivity contribution in [3.63, 3.8) is 0 Å². The smallest absolute Gasteiger partial charge is 0.243 e. The molecule has 1 aromatic heterocycles. The van der Waals surface area contributed by atoms with Gasteiger partial charge in [0.15, 0.2) is 5.13 Å². The first-order valence-electron chi connectivity index (χ1n) is 12.3. The van der Waals surface area contributed by atoms with Gasteiger partial charge < -0.3 is 4.74 Å². The molecule has 0 aliphatic carbocycles. The lowest BCUT2D eigenvalue weighted by atomic mass is 9.98. The summed E-state index contributed by atoms with van der Waals surface area (Å²) in [5.74, 6) is -1.12. The normalized spacial score (nSPS) is 21.2. The summed E-state index contributed by atoms with van der Waals surface area (Å²) in [6.07, 6.45) is 2.94. The number of piperidine rings is 1. The molecule has 2 aliphatic heterocycles. The van der Waals surface area contributed by atoms with Gasteiger partial charge in [0.2, 0.25) is 15.9 Å². The van der Waals surface area contributed by atoms with Gasteiger partial charge in [-0.2, -0.15) is 4.31 Å². The van der Waals surface area contributed by atoms with E-state index < -0.39 is 21.8 Å². The molecule has 7 nitrogen and oxygen atoms in total. The molecule has 2 unspecified atom stereocenters. The van der Waals surface area contributed by atoms with Crippen LogP contribution in [0.4, 0.5) is 9.52 Å². The van der Waals surface area contributed by atoms with Crippen LogP contribution in [-0.2, 0) is 19.6 Å². The number of aryl methyl sites for hydroxylation is 2. The molecule has 0 bridgehead atoms. The molecule has 2 atom stereocenters. The second-order valence-electron chi connectivity index (χ2n) is 9.59. The second kappa shape index (κ2) is 10.2. The quantitative estimate of drug-likeness (QED) is 0.462. The summed E-state index contributed by atoms with van der Waals surface area (Å²) in [6.45, 7) is 5.57. The second-order valence-corrected chi connectivity index (χ2v) is 12.5. The summed E-state index contributed by atoms with van der Waals surface area (Å²) >= 11 is 1.48. The van der Waals surface area contributed by atoms with Gasteiger partial charge in [-0.25, -0.2) is 17.8 Å². The topological polar surface area (TPSA) is 79.8 Å². The first-order chi connectivity index (χ1) is 17.2. The molecule has 0 radical (unpaired) electrons. The molecule has 2 aliphatic rings. The highest BCUT2D eigenvalue weighted by Gasteiger charge is 2.37. The predicted octanol–water partition coefficient (Wildman–Crippen LogP) is 4.67. The molecule has 2 fully saturated rings. The summed E-state index contributed by atoms with van der Waals surface area (Å²) in [5.41, 5.74) is 3.13. The highest BCUT2D eigenvalue weighted by molar-refractivity contribution is 7.89. The van der Waals surface area contributed by atoms with Gasteiger partial charge in [-0.15, -0.1) is 0 Å². The molecular formula is C26H30FN3O4S2. The number of fused-ring (bicyclic) bond motifs is 1. The van der Waals surface area contributed by atoms with Crippen molar-refractivity contribution >= 4 is 42.6 Å². The van der Waals surface area contributed by atoms with Crippen molar-refractivity contribution in [3.05, 3.63) is 53.3 Å². The molecule has 2 saturated heterocycles. The van der Waals surface area contributed by atoms with E-state index >= 15 is 0 Å². The molecule has 5 rings (SSSR count). The standard InChI is InChI=1S/C26H30FN3O4S2/c1-17-7-12-23-24(18(17)2)28-26(35-23)30(16-21-6-4-14-34-21)25(31)19-5-3-13-29(15-19)36(32,33)22-10-8-20(27)9-11-22/h7-12,19,21H,3-6,13-16H2,1-2H3. The Morgan fingerprint density at radius 3 is 2.67 bits per heavy atom. The number of hydrogen-bond donors (Lipinski definition) is 0. The lowest BCUT2D eigenvalue weighted by Gasteiger charge is -2.34. The van der Waals surface area contributed by atoms with Crippen LogP contribution in [0, 0.1) is 25.6 Å². The SMILES string of the molecule is Cc1ccc2sc(N(CC3CCCO3)C(=O)C3CCCN(S(=O)(=O)c4ccc(F)cc4)C3)nc2c1C. The zero-order valence-corrected chi connectivity index (χ0v) is 22.1. The van der Waals surface area contributed by atoms with E-state index in [1.165, 1.54) is 27.8 Å². The number of amides is 1. The maximum Gasteiger partial charge on any atom is 0.243 e. The van der Waals surface area contributed by atoms with Gasteiger partial charge in [0.05, 0.1) is 33.7 Å². The maximum absolute atomic E-state index is 13.9. The number of anilines is 1. The molecule has 0 spiro atoms. The van der Waals surface area contributed by atoms with Gasteiger partial charge in [-0.3, -0.25) is 9.69 Å². The molecule has 10 heteroatoms. The lowest BCUT2D eigenvalue weighted by Crippen LogP contribution is -2.48. The Hall–Kier alpha value is -2.40. The van der Waals surface area contributed by atoms with Gasteiger partial charge >= 0.3 is 0 Å². The molecule has 36 heavy (non-hydrogen) atoms. The van der Waals surface area contributed by atoms with E-state index in [4.69, 9.17) is 9.72 Å². The number of halogens is 1. The molecule has 1 amide bonds. The number of nitrogens with zero attached hydrogens (tertiary/aromatic N) is 3. The van der Waals surface area contributed by atoms with Crippen molar-refractivity contribution in [2.24, 2.45) is 5.92 Å². The van der Waals surface area contributed by atoms with Crippen molar-refractivity contribution in [1.82, 2.24) is 9.29 Å². The number of carbonyl (C=O) groups excluding carboxylic acids is 1. The van der Waals surface area contributed by atoms with Gasteiger partial charge in [-0.1, -0.05) is 17.4 Å². The average molecular weight is 532 g/mol. The Morgan fingerprint density at radius 2 is 1.94 bits per heavy atom. The van der Waals surface area contributed by atoms with Crippen molar-refractivity contribution in [1.29, 1.82) is 0 Å². The molecule has 0 saturated carbocycles. The third-order valence-electron chi connectivity index (χ3n) is 7.17. The van der Waals surface area contributed by atoms with E-state index in [9.17, 15) is 17.6 Å². The molecular weight excluding hydrogens is 501 g/mol. The first-order valence-corrected chi connectivity index (χ1v) is 14.5.